The molecule has 3 nitrogen and oxygen atoms in total. The van der Waals surface area contributed by atoms with Crippen LogP contribution in [0.15, 0.2) is 24.5 Å². The Morgan fingerprint density at radius 1 is 1.36 bits per heavy atom. The zero-order valence-corrected chi connectivity index (χ0v) is 10.2. The topological polar surface area (TPSA) is 31.4 Å². The zero-order valence-electron chi connectivity index (χ0n) is 8.77. The summed E-state index contributed by atoms with van der Waals surface area (Å²) in [7, 11) is -0.526. The number of pyridine rings is 1. The van der Waals surface area contributed by atoms with E-state index >= 15 is 0 Å². The molecule has 1 aromatic heterocycles. The molecule has 0 spiro atoms. The summed E-state index contributed by atoms with van der Waals surface area (Å²) in [5.41, 5.74) is 0. The van der Waals surface area contributed by atoms with Crippen LogP contribution in [0.1, 0.15) is 13.8 Å². The fraction of sp³-hybridized carbons (Fsp3) is 0.500. The fourth-order valence-electron chi connectivity index (χ4n) is 1.25. The van der Waals surface area contributed by atoms with Crippen molar-refractivity contribution < 1.29 is 9.47 Å². The second kappa shape index (κ2) is 6.70. The number of nitrogens with zero attached hydrogens (tertiary/aromatic N) is 1. The highest BCUT2D eigenvalue weighted by atomic mass is 28.2. The molecule has 0 aliphatic heterocycles. The first-order chi connectivity index (χ1) is 6.86. The first-order valence-corrected chi connectivity index (χ1v) is 6.51. The summed E-state index contributed by atoms with van der Waals surface area (Å²) in [4.78, 5) is 4.08. The van der Waals surface area contributed by atoms with Crippen molar-refractivity contribution in [2.75, 3.05) is 13.2 Å². The highest BCUT2D eigenvalue weighted by Gasteiger charge is 2.09. The molecule has 0 aliphatic carbocycles. The van der Waals surface area contributed by atoms with E-state index in [1.165, 1.54) is 5.19 Å². The predicted molar refractivity (Wildman–Crippen MR) is 59.5 cm³/mol. The molecule has 0 amide bonds. The maximum Gasteiger partial charge on any atom is 0.139 e. The summed E-state index contributed by atoms with van der Waals surface area (Å²) in [6, 6.07) is 4.04. The minimum atomic E-state index is -0.526. The third-order valence-corrected chi connectivity index (χ3v) is 3.52. The standard InChI is InChI=1S/C10H17NO2Si/c1-3-12-10(13-4-2)14-9-6-5-7-11-8-9/h5-8,10H,3-4,14H2,1-2H3. The van der Waals surface area contributed by atoms with Crippen LogP contribution in [0.4, 0.5) is 0 Å². The molecular weight excluding hydrogens is 194 g/mol. The van der Waals surface area contributed by atoms with Gasteiger partial charge in [0.1, 0.15) is 15.4 Å². The first kappa shape index (κ1) is 11.4. The Hall–Kier alpha value is -0.713. The molecule has 4 heteroatoms. The van der Waals surface area contributed by atoms with E-state index in [1.807, 2.05) is 26.1 Å². The lowest BCUT2D eigenvalue weighted by atomic mass is 10.5. The van der Waals surface area contributed by atoms with Crippen molar-refractivity contribution in [2.45, 2.75) is 19.8 Å². The van der Waals surface area contributed by atoms with Crippen LogP contribution in [0.2, 0.25) is 0 Å². The molecule has 0 fully saturated rings. The Morgan fingerprint density at radius 3 is 2.57 bits per heavy atom. The van der Waals surface area contributed by atoms with Crippen LogP contribution in [0.3, 0.4) is 0 Å². The maximum atomic E-state index is 5.50. The predicted octanol–water partition coefficient (Wildman–Crippen LogP) is 0.232. The lowest BCUT2D eigenvalue weighted by Crippen LogP contribution is -2.33. The molecule has 14 heavy (non-hydrogen) atoms. The van der Waals surface area contributed by atoms with Gasteiger partial charge >= 0.3 is 0 Å². The van der Waals surface area contributed by atoms with E-state index < -0.39 is 9.52 Å². The largest absolute Gasteiger partial charge is 0.357 e. The number of hydrogen-bond donors (Lipinski definition) is 0. The molecule has 1 aromatic rings. The van der Waals surface area contributed by atoms with E-state index in [0.29, 0.717) is 13.2 Å². The highest BCUT2D eigenvalue weighted by Crippen LogP contribution is 1.93. The number of aromatic nitrogens is 1. The maximum absolute atomic E-state index is 5.50. The third kappa shape index (κ3) is 4.00. The number of hydrogen-bond acceptors (Lipinski definition) is 3. The second-order valence-electron chi connectivity index (χ2n) is 2.91. The molecule has 0 atom stereocenters. The molecule has 0 aromatic carbocycles. The van der Waals surface area contributed by atoms with Crippen LogP contribution in [-0.4, -0.2) is 33.6 Å². The monoisotopic (exact) mass is 211 g/mol. The van der Waals surface area contributed by atoms with E-state index in [-0.39, 0.29) is 5.91 Å². The van der Waals surface area contributed by atoms with E-state index in [0.717, 1.165) is 0 Å². The average Bonchev–Trinajstić information content (AvgIpc) is 2.20. The molecule has 0 aliphatic rings. The van der Waals surface area contributed by atoms with Crippen molar-refractivity contribution in [3.05, 3.63) is 24.5 Å². The minimum Gasteiger partial charge on any atom is -0.357 e. The van der Waals surface area contributed by atoms with Crippen LogP contribution >= 0.6 is 0 Å². The van der Waals surface area contributed by atoms with Crippen molar-refractivity contribution in [1.29, 1.82) is 0 Å². The van der Waals surface area contributed by atoms with Gasteiger partial charge in [0.05, 0.1) is 0 Å². The Labute approximate surface area is 87.3 Å². The molecule has 0 saturated carbocycles. The molecule has 0 saturated heterocycles. The normalized spacial score (nSPS) is 11.6. The Morgan fingerprint density at radius 2 is 2.07 bits per heavy atom. The summed E-state index contributed by atoms with van der Waals surface area (Å²) in [5.74, 6) is -0.00537. The Kier molecular flexibility index (Phi) is 5.44. The summed E-state index contributed by atoms with van der Waals surface area (Å²) in [5, 5.41) is 1.28. The minimum absolute atomic E-state index is 0.00537. The molecule has 0 bridgehead atoms. The summed E-state index contributed by atoms with van der Waals surface area (Å²) < 4.78 is 11.0. The van der Waals surface area contributed by atoms with E-state index in [4.69, 9.17) is 9.47 Å². The quantitative estimate of drug-likeness (QED) is 0.499. The van der Waals surface area contributed by atoms with Gasteiger partial charge < -0.3 is 9.47 Å². The van der Waals surface area contributed by atoms with Gasteiger partial charge in [-0.25, -0.2) is 0 Å². The summed E-state index contributed by atoms with van der Waals surface area (Å²) in [6.07, 6.45) is 3.69. The molecule has 0 unspecified atom stereocenters. The van der Waals surface area contributed by atoms with Crippen molar-refractivity contribution >= 4 is 14.7 Å². The van der Waals surface area contributed by atoms with Crippen molar-refractivity contribution in [1.82, 2.24) is 4.98 Å². The second-order valence-corrected chi connectivity index (χ2v) is 4.80. The van der Waals surface area contributed by atoms with Crippen LogP contribution in [0.5, 0.6) is 0 Å². The van der Waals surface area contributed by atoms with Gasteiger partial charge in [0, 0.05) is 25.6 Å². The Bertz CT molecular complexity index is 237. The van der Waals surface area contributed by atoms with Crippen molar-refractivity contribution in [3.63, 3.8) is 0 Å². The van der Waals surface area contributed by atoms with Crippen LogP contribution in [0.25, 0.3) is 0 Å². The van der Waals surface area contributed by atoms with Crippen LogP contribution in [0, 0.1) is 0 Å². The van der Waals surface area contributed by atoms with Gasteiger partial charge in [0.15, 0.2) is 0 Å². The number of rotatable bonds is 6. The molecule has 0 N–H and O–H groups in total. The zero-order chi connectivity index (χ0) is 10.2. The van der Waals surface area contributed by atoms with Gasteiger partial charge in [0.2, 0.25) is 0 Å². The first-order valence-electron chi connectivity index (χ1n) is 4.99. The molecule has 1 rings (SSSR count). The van der Waals surface area contributed by atoms with Crippen molar-refractivity contribution in [2.24, 2.45) is 0 Å². The van der Waals surface area contributed by atoms with E-state index in [1.54, 1.807) is 6.20 Å². The van der Waals surface area contributed by atoms with Gasteiger partial charge in [-0.15, -0.1) is 0 Å². The lowest BCUT2D eigenvalue weighted by Gasteiger charge is -2.16. The highest BCUT2D eigenvalue weighted by molar-refractivity contribution is 6.54. The third-order valence-electron chi connectivity index (χ3n) is 1.83. The SMILES string of the molecule is CCOC(OCC)[SiH2]c1cccnc1. The van der Waals surface area contributed by atoms with E-state index in [9.17, 15) is 0 Å². The van der Waals surface area contributed by atoms with Gasteiger partial charge in [-0.1, -0.05) is 6.07 Å². The van der Waals surface area contributed by atoms with Gasteiger partial charge in [-0.2, -0.15) is 0 Å². The lowest BCUT2D eigenvalue weighted by molar-refractivity contribution is -0.0817. The summed E-state index contributed by atoms with van der Waals surface area (Å²) >= 11 is 0. The smallest absolute Gasteiger partial charge is 0.139 e. The van der Waals surface area contributed by atoms with E-state index in [2.05, 4.69) is 11.1 Å². The fourth-order valence-corrected chi connectivity index (χ4v) is 2.82. The van der Waals surface area contributed by atoms with Crippen LogP contribution < -0.4 is 5.19 Å². The summed E-state index contributed by atoms with van der Waals surface area (Å²) in [6.45, 7) is 5.39. The Balaban J connectivity index is 2.46. The number of ether oxygens (including phenoxy) is 2. The average molecular weight is 211 g/mol. The van der Waals surface area contributed by atoms with Crippen LogP contribution in [-0.2, 0) is 9.47 Å². The molecular formula is C10H17NO2Si. The molecule has 1 heterocycles. The van der Waals surface area contributed by atoms with Crippen molar-refractivity contribution in [3.8, 4) is 0 Å². The van der Waals surface area contributed by atoms with Gasteiger partial charge in [0.25, 0.3) is 0 Å². The molecule has 0 radical (unpaired) electrons. The molecule has 78 valence electrons. The van der Waals surface area contributed by atoms with Gasteiger partial charge in [-0.05, 0) is 25.1 Å². The van der Waals surface area contributed by atoms with Gasteiger partial charge in [-0.3, -0.25) is 4.98 Å².